The molecule has 0 unspecified atom stereocenters. The third kappa shape index (κ3) is 5.83. The summed E-state index contributed by atoms with van der Waals surface area (Å²) in [6, 6.07) is 61.1. The van der Waals surface area contributed by atoms with Crippen LogP contribution in [0.2, 0.25) is 0 Å². The molecule has 0 amide bonds. The van der Waals surface area contributed by atoms with Crippen molar-refractivity contribution in [2.24, 2.45) is 4.99 Å². The zero-order valence-corrected chi connectivity index (χ0v) is 33.4. The van der Waals surface area contributed by atoms with E-state index in [4.69, 9.17) is 15.0 Å². The van der Waals surface area contributed by atoms with E-state index in [2.05, 4.69) is 109 Å². The molecule has 0 fully saturated rings. The molecule has 12 rings (SSSR count). The fourth-order valence-corrected chi connectivity index (χ4v) is 8.45. The number of aromatic nitrogens is 2. The van der Waals surface area contributed by atoms with Crippen molar-refractivity contribution in [2.75, 3.05) is 0 Å². The minimum atomic E-state index is 0. The Morgan fingerprint density at radius 1 is 0.552 bits per heavy atom. The number of ketones is 1. The predicted octanol–water partition coefficient (Wildman–Crippen LogP) is 12.4. The summed E-state index contributed by atoms with van der Waals surface area (Å²) in [6.45, 7) is 0. The van der Waals surface area contributed by atoms with E-state index >= 15 is 0 Å². The molecule has 4 nitrogen and oxygen atoms in total. The van der Waals surface area contributed by atoms with Gasteiger partial charge in [-0.25, -0.2) is 0 Å². The van der Waals surface area contributed by atoms with Crippen molar-refractivity contribution in [1.29, 1.82) is 0 Å². The quantitative estimate of drug-likeness (QED) is 0.166. The van der Waals surface area contributed by atoms with Crippen LogP contribution >= 0.6 is 0 Å². The topological polar surface area (TPSA) is 56.4 Å². The number of hydrogen-bond donors (Lipinski definition) is 0. The monoisotopic (exact) mass is 918 g/mol. The van der Waals surface area contributed by atoms with Crippen LogP contribution in [0.15, 0.2) is 187 Å². The number of fused-ring (bicyclic) bond motifs is 6. The maximum absolute atomic E-state index is 12.9. The first-order valence-electron chi connectivity index (χ1n) is 19.0. The molecule has 0 saturated carbocycles. The summed E-state index contributed by atoms with van der Waals surface area (Å²) < 4.78 is 0. The predicted molar refractivity (Wildman–Crippen MR) is 234 cm³/mol. The van der Waals surface area contributed by atoms with Crippen molar-refractivity contribution in [3.05, 3.63) is 222 Å². The summed E-state index contributed by atoms with van der Waals surface area (Å²) >= 11 is 0. The summed E-state index contributed by atoms with van der Waals surface area (Å²) in [5, 5.41) is 9.19. The Kier molecular flexibility index (Phi) is 8.83. The molecule has 10 aromatic rings. The van der Waals surface area contributed by atoms with E-state index in [0.29, 0.717) is 0 Å². The molecule has 275 valence electrons. The van der Waals surface area contributed by atoms with E-state index in [9.17, 15) is 4.79 Å². The Balaban J connectivity index is 0.000000145. The molecule has 0 saturated heterocycles. The minimum absolute atomic E-state index is 0. The molecule has 1 radical (unpaired) electrons. The molecule has 0 atom stereocenters. The molecule has 5 heteroatoms. The van der Waals surface area contributed by atoms with E-state index in [-0.39, 0.29) is 25.9 Å². The fraction of sp³-hybridized carbons (Fsp3) is 0. The summed E-state index contributed by atoms with van der Waals surface area (Å²) in [6.07, 6.45) is 5.86. The molecule has 0 N–H and O–H groups in total. The van der Waals surface area contributed by atoms with Crippen LogP contribution in [0, 0.1) is 6.07 Å². The molecule has 2 aliphatic rings. The number of hydrogen-bond acceptors (Lipinski definition) is 3. The maximum Gasteiger partial charge on any atom is 0.194 e. The van der Waals surface area contributed by atoms with Crippen molar-refractivity contribution in [2.45, 2.75) is 0 Å². The standard InChI is InChI=1S/C31H19N2.C22H12NO.Ir/c1-2-8-20(9-3-1)29(30-27-16-23-12-6-4-10-21(23)14-25(27)18-32-30)31-28-17-24-13-7-5-11-22(24)15-26(28)19-33-31;24-22-16-10-5-4-9-15(16)19-13-23-21(14-7-2-1-3-8-14)17-11-6-12-18(22)20(17)19;/h1-19H;1-7,9-13H;/q2*-1;/b30-29-;;. The van der Waals surface area contributed by atoms with Gasteiger partial charge in [0.2, 0.25) is 0 Å². The largest absolute Gasteiger partial charge is 0.663 e. The van der Waals surface area contributed by atoms with Crippen molar-refractivity contribution in [3.63, 3.8) is 0 Å². The smallest absolute Gasteiger partial charge is 0.194 e. The first kappa shape index (κ1) is 35.4. The Bertz CT molecular complexity index is 3310. The Morgan fingerprint density at radius 3 is 2.00 bits per heavy atom. The molecule has 58 heavy (non-hydrogen) atoms. The fourth-order valence-electron chi connectivity index (χ4n) is 8.45. The zero-order chi connectivity index (χ0) is 37.9. The van der Waals surface area contributed by atoms with Gasteiger partial charge in [0.1, 0.15) is 0 Å². The number of pyridine rings is 1. The Labute approximate surface area is 348 Å². The summed E-state index contributed by atoms with van der Waals surface area (Å²) in [7, 11) is 0. The number of carbonyl (C=O) groups is 1. The third-order valence-electron chi connectivity index (χ3n) is 11.1. The first-order valence-corrected chi connectivity index (χ1v) is 19.0. The molecular formula is C53H31IrN3O-2. The molecule has 0 bridgehead atoms. The van der Waals surface area contributed by atoms with E-state index < -0.39 is 0 Å². The van der Waals surface area contributed by atoms with Gasteiger partial charge in [-0.15, -0.1) is 41.6 Å². The summed E-state index contributed by atoms with van der Waals surface area (Å²) in [4.78, 5) is 27.5. The normalized spacial score (nSPS) is 13.2. The van der Waals surface area contributed by atoms with Gasteiger partial charge in [-0.2, -0.15) is 6.20 Å². The van der Waals surface area contributed by atoms with Gasteiger partial charge in [-0.05, 0) is 89.7 Å². The van der Waals surface area contributed by atoms with Gasteiger partial charge in [0, 0.05) is 60.3 Å². The van der Waals surface area contributed by atoms with Crippen LogP contribution in [0.4, 0.5) is 0 Å². The molecule has 2 aromatic heterocycles. The number of nitrogens with zero attached hydrogens (tertiary/aromatic N) is 3. The summed E-state index contributed by atoms with van der Waals surface area (Å²) in [5.41, 5.74) is 11.8. The van der Waals surface area contributed by atoms with Gasteiger partial charge < -0.3 is 9.97 Å². The molecule has 3 heterocycles. The van der Waals surface area contributed by atoms with E-state index in [0.717, 1.165) is 88.7 Å². The van der Waals surface area contributed by atoms with Gasteiger partial charge >= 0.3 is 0 Å². The van der Waals surface area contributed by atoms with Crippen LogP contribution in [0.3, 0.4) is 0 Å². The second-order valence-corrected chi connectivity index (χ2v) is 14.4. The van der Waals surface area contributed by atoms with Gasteiger partial charge in [0.25, 0.3) is 0 Å². The zero-order valence-electron chi connectivity index (χ0n) is 31.0. The van der Waals surface area contributed by atoms with Gasteiger partial charge in [0.15, 0.2) is 5.78 Å². The van der Waals surface area contributed by atoms with E-state index in [1.54, 1.807) is 0 Å². The van der Waals surface area contributed by atoms with Crippen LogP contribution in [0.1, 0.15) is 38.3 Å². The van der Waals surface area contributed by atoms with Gasteiger partial charge in [-0.3, -0.25) is 9.79 Å². The van der Waals surface area contributed by atoms with Crippen LogP contribution < -0.4 is 4.98 Å². The Morgan fingerprint density at radius 2 is 1.22 bits per heavy atom. The average molecular weight is 918 g/mol. The number of aliphatic imine (C=N–C) groups is 1. The SMILES string of the molecule is C1=N/C(=C(/c2ccccc2)c2[n-]cc3cc4ccccc4cc23)c2cc3ccccc3cc21.O=C1c2ccccc2-c2cnc(-c3[c-]cccc3)c3cccc1c23.[Ir]. The van der Waals surface area contributed by atoms with Crippen molar-refractivity contribution in [1.82, 2.24) is 9.97 Å². The van der Waals surface area contributed by atoms with Gasteiger partial charge in [0.05, 0.1) is 5.70 Å². The van der Waals surface area contributed by atoms with Crippen LogP contribution in [-0.4, -0.2) is 17.0 Å². The maximum atomic E-state index is 12.9. The molecule has 1 aliphatic heterocycles. The number of benzene rings is 8. The second kappa shape index (κ2) is 14.5. The first-order chi connectivity index (χ1) is 28.2. The average Bonchev–Trinajstić information content (AvgIpc) is 3.88. The van der Waals surface area contributed by atoms with Crippen molar-refractivity contribution >= 4 is 66.4 Å². The third-order valence-corrected chi connectivity index (χ3v) is 11.1. The van der Waals surface area contributed by atoms with E-state index in [1.807, 2.05) is 85.3 Å². The number of carbonyl (C=O) groups excluding carboxylic acids is 1. The molecule has 1 aliphatic carbocycles. The summed E-state index contributed by atoms with van der Waals surface area (Å²) in [5.74, 6) is 0.0814. The minimum Gasteiger partial charge on any atom is -0.663 e. The van der Waals surface area contributed by atoms with Crippen LogP contribution in [-0.2, 0) is 20.1 Å². The van der Waals surface area contributed by atoms with Crippen LogP contribution in [0.25, 0.3) is 76.7 Å². The van der Waals surface area contributed by atoms with Gasteiger partial charge in [-0.1, -0.05) is 121 Å². The molecule has 0 spiro atoms. The molecular weight excluding hydrogens is 887 g/mol. The Hall–Kier alpha value is -7.04. The molecule has 8 aromatic carbocycles. The van der Waals surface area contributed by atoms with E-state index in [1.165, 1.54) is 21.5 Å². The van der Waals surface area contributed by atoms with Crippen molar-refractivity contribution < 1.29 is 24.9 Å². The van der Waals surface area contributed by atoms with Crippen molar-refractivity contribution in [3.8, 4) is 22.4 Å². The number of rotatable bonds is 3. The second-order valence-electron chi connectivity index (χ2n) is 14.4. The van der Waals surface area contributed by atoms with Crippen LogP contribution in [0.5, 0.6) is 0 Å².